The molecule has 1 aliphatic heterocycles. The zero-order valence-electron chi connectivity index (χ0n) is 16.5. The molecule has 2 atom stereocenters. The maximum absolute atomic E-state index is 12.4. The highest BCUT2D eigenvalue weighted by molar-refractivity contribution is 5.95. The number of oxime groups is 1. The lowest BCUT2D eigenvalue weighted by Crippen LogP contribution is -2.46. The fourth-order valence-electron chi connectivity index (χ4n) is 2.40. The van der Waals surface area contributed by atoms with E-state index in [1.54, 1.807) is 20.8 Å². The van der Waals surface area contributed by atoms with Crippen LogP contribution in [0.2, 0.25) is 0 Å². The van der Waals surface area contributed by atoms with Gasteiger partial charge in [-0.05, 0) is 33.1 Å². The zero-order valence-corrected chi connectivity index (χ0v) is 16.5. The third kappa shape index (κ3) is 6.80. The summed E-state index contributed by atoms with van der Waals surface area (Å²) < 4.78 is 14.3. The monoisotopic (exact) mass is 385 g/mol. The predicted octanol–water partition coefficient (Wildman–Crippen LogP) is 1.15. The zero-order chi connectivity index (χ0) is 20.8. The fraction of sp³-hybridized carbons (Fsp3) is 0.647. The van der Waals surface area contributed by atoms with Crippen LogP contribution in [0.25, 0.3) is 0 Å². The van der Waals surface area contributed by atoms with E-state index in [0.717, 1.165) is 20.3 Å². The topological polar surface area (TPSA) is 130 Å². The molecule has 1 rings (SSSR count). The van der Waals surface area contributed by atoms with E-state index in [1.807, 2.05) is 6.92 Å². The van der Waals surface area contributed by atoms with Gasteiger partial charge in [-0.2, -0.15) is 0 Å². The van der Waals surface area contributed by atoms with Gasteiger partial charge in [0.1, 0.15) is 5.60 Å². The van der Waals surface area contributed by atoms with E-state index in [2.05, 4.69) is 14.6 Å². The molecule has 0 radical (unpaired) electrons. The van der Waals surface area contributed by atoms with Crippen LogP contribution in [-0.4, -0.2) is 61.2 Å². The third-order valence-corrected chi connectivity index (χ3v) is 3.57. The number of nitrogens with two attached hydrogens (primary N) is 1. The summed E-state index contributed by atoms with van der Waals surface area (Å²) in [6, 6.07) is -0.563. The molecule has 1 fully saturated rings. The number of amides is 1. The predicted molar refractivity (Wildman–Crippen MR) is 95.3 cm³/mol. The van der Waals surface area contributed by atoms with Gasteiger partial charge < -0.3 is 24.8 Å². The molecule has 0 bridgehead atoms. The van der Waals surface area contributed by atoms with Crippen LogP contribution in [0.4, 0.5) is 4.79 Å². The number of nitrogens with zero attached hydrogens (tertiary/aromatic N) is 2. The highest BCUT2D eigenvalue weighted by Crippen LogP contribution is 2.25. The van der Waals surface area contributed by atoms with Crippen LogP contribution in [0.15, 0.2) is 17.0 Å². The van der Waals surface area contributed by atoms with Crippen molar-refractivity contribution in [1.29, 1.82) is 0 Å². The number of ether oxygens (including phenoxy) is 3. The molecule has 0 aromatic rings. The van der Waals surface area contributed by atoms with Crippen molar-refractivity contribution in [1.82, 2.24) is 4.90 Å². The second-order valence-electron chi connectivity index (χ2n) is 7.12. The van der Waals surface area contributed by atoms with Gasteiger partial charge in [0.15, 0.2) is 5.84 Å². The summed E-state index contributed by atoms with van der Waals surface area (Å²) in [5.74, 6) is -2.12. The Morgan fingerprint density at radius 1 is 1.19 bits per heavy atom. The van der Waals surface area contributed by atoms with E-state index in [4.69, 9.17) is 15.3 Å². The molecule has 0 aliphatic carbocycles. The Bertz CT molecular complexity index is 637. The van der Waals surface area contributed by atoms with Crippen molar-refractivity contribution in [2.45, 2.75) is 45.8 Å². The van der Waals surface area contributed by atoms with E-state index >= 15 is 0 Å². The van der Waals surface area contributed by atoms with E-state index in [0.29, 0.717) is 13.0 Å². The van der Waals surface area contributed by atoms with E-state index in [1.165, 1.54) is 4.90 Å². The Balaban J connectivity index is 2.97. The summed E-state index contributed by atoms with van der Waals surface area (Å²) >= 11 is 0. The molecule has 1 amide bonds. The van der Waals surface area contributed by atoms with Crippen molar-refractivity contribution in [2.75, 3.05) is 20.8 Å². The molecule has 0 aromatic heterocycles. The van der Waals surface area contributed by atoms with Gasteiger partial charge in [-0.3, -0.25) is 4.90 Å². The number of esters is 2. The lowest BCUT2D eigenvalue weighted by Gasteiger charge is -2.28. The van der Waals surface area contributed by atoms with Crippen LogP contribution in [-0.2, 0) is 28.6 Å². The molecule has 10 heteroatoms. The van der Waals surface area contributed by atoms with E-state index < -0.39 is 35.4 Å². The molecular weight excluding hydrogens is 358 g/mol. The van der Waals surface area contributed by atoms with Gasteiger partial charge in [-0.1, -0.05) is 12.1 Å². The average molecular weight is 385 g/mol. The van der Waals surface area contributed by atoms with Gasteiger partial charge in [0.25, 0.3) is 0 Å². The minimum Gasteiger partial charge on any atom is -0.466 e. The summed E-state index contributed by atoms with van der Waals surface area (Å²) in [4.78, 5) is 41.8. The molecule has 152 valence electrons. The second-order valence-corrected chi connectivity index (χ2v) is 7.12. The van der Waals surface area contributed by atoms with Crippen molar-refractivity contribution < 1.29 is 33.4 Å². The van der Waals surface area contributed by atoms with E-state index in [9.17, 15) is 14.4 Å². The van der Waals surface area contributed by atoms with Crippen molar-refractivity contribution >= 4 is 23.9 Å². The largest absolute Gasteiger partial charge is 0.466 e. The SMILES string of the molecule is COC(=O)/C=C(/O/N=C(\N)[C@@H]1CC(C)CN1C(=O)OC(C)(C)C)C(=O)OC. The highest BCUT2D eigenvalue weighted by Gasteiger charge is 2.38. The van der Waals surface area contributed by atoms with Gasteiger partial charge >= 0.3 is 18.0 Å². The molecular formula is C17H27N3O7. The van der Waals surface area contributed by atoms with Gasteiger partial charge in [0.2, 0.25) is 5.76 Å². The molecule has 1 heterocycles. The first kappa shape index (κ1) is 22.3. The van der Waals surface area contributed by atoms with Crippen LogP contribution in [0.3, 0.4) is 0 Å². The molecule has 27 heavy (non-hydrogen) atoms. The number of methoxy groups -OCH3 is 2. The molecule has 0 saturated carbocycles. The Morgan fingerprint density at radius 2 is 1.81 bits per heavy atom. The van der Waals surface area contributed by atoms with Gasteiger partial charge in [-0.25, -0.2) is 14.4 Å². The summed E-state index contributed by atoms with van der Waals surface area (Å²) in [6.45, 7) is 7.70. The Labute approximate surface area is 158 Å². The van der Waals surface area contributed by atoms with Gasteiger partial charge in [0, 0.05) is 6.54 Å². The third-order valence-electron chi connectivity index (χ3n) is 3.57. The number of rotatable bonds is 5. The van der Waals surface area contributed by atoms with Crippen molar-refractivity contribution in [3.63, 3.8) is 0 Å². The maximum atomic E-state index is 12.4. The van der Waals surface area contributed by atoms with Crippen LogP contribution in [0.5, 0.6) is 0 Å². The second kappa shape index (κ2) is 9.24. The van der Waals surface area contributed by atoms with Crippen LogP contribution in [0.1, 0.15) is 34.1 Å². The van der Waals surface area contributed by atoms with Gasteiger partial charge in [0.05, 0.1) is 26.3 Å². The van der Waals surface area contributed by atoms with Crippen LogP contribution < -0.4 is 5.73 Å². The lowest BCUT2D eigenvalue weighted by molar-refractivity contribution is -0.142. The van der Waals surface area contributed by atoms with Crippen molar-refractivity contribution in [3.8, 4) is 0 Å². The van der Waals surface area contributed by atoms with E-state index in [-0.39, 0.29) is 11.8 Å². The fourth-order valence-corrected chi connectivity index (χ4v) is 2.40. The maximum Gasteiger partial charge on any atom is 0.410 e. The number of hydrogen-bond acceptors (Lipinski definition) is 8. The molecule has 1 aliphatic rings. The molecule has 10 nitrogen and oxygen atoms in total. The number of hydrogen-bond donors (Lipinski definition) is 1. The summed E-state index contributed by atoms with van der Waals surface area (Å²) in [5.41, 5.74) is 5.31. The Hall–Kier alpha value is -2.78. The smallest absolute Gasteiger partial charge is 0.410 e. The number of likely N-dealkylation sites (tertiary alicyclic amines) is 1. The first-order valence-corrected chi connectivity index (χ1v) is 8.36. The standard InChI is InChI=1S/C17H27N3O7/c1-10-7-11(20(9-10)16(23)26-17(2,3)4)14(18)19-27-12(15(22)25-6)8-13(21)24-5/h8,10-11H,7,9H2,1-6H3,(H2,18,19)/b12-8+/t10?,11-/m0/s1. The molecule has 0 spiro atoms. The first-order valence-electron chi connectivity index (χ1n) is 8.36. The van der Waals surface area contributed by atoms with Crippen molar-refractivity contribution in [2.24, 2.45) is 16.8 Å². The minimum absolute atomic E-state index is 0.0371. The number of carbonyl (C=O) groups is 3. The quantitative estimate of drug-likeness (QED) is 0.142. The Kier molecular flexibility index (Phi) is 7.62. The molecule has 1 saturated heterocycles. The molecule has 1 unspecified atom stereocenters. The number of carbonyl (C=O) groups excluding carboxylic acids is 3. The van der Waals surface area contributed by atoms with Crippen LogP contribution >= 0.6 is 0 Å². The normalized spacial score (nSPS) is 20.9. The Morgan fingerprint density at radius 3 is 2.33 bits per heavy atom. The lowest BCUT2D eigenvalue weighted by atomic mass is 10.1. The summed E-state index contributed by atoms with van der Waals surface area (Å²) in [5, 5.41) is 3.69. The molecule has 2 N–H and O–H groups in total. The molecule has 0 aromatic carbocycles. The van der Waals surface area contributed by atoms with Gasteiger partial charge in [-0.15, -0.1) is 0 Å². The summed E-state index contributed by atoms with van der Waals surface area (Å²) in [7, 11) is 2.26. The minimum atomic E-state index is -0.930. The van der Waals surface area contributed by atoms with Crippen LogP contribution in [0, 0.1) is 5.92 Å². The average Bonchev–Trinajstić information content (AvgIpc) is 2.97. The highest BCUT2D eigenvalue weighted by atomic mass is 16.7. The summed E-state index contributed by atoms with van der Waals surface area (Å²) in [6.07, 6.45) is 0.811. The van der Waals surface area contributed by atoms with Crippen molar-refractivity contribution in [3.05, 3.63) is 11.8 Å². The number of amidine groups is 1. The first-order chi connectivity index (χ1) is 12.5.